The van der Waals surface area contributed by atoms with Crippen LogP contribution in [0.1, 0.15) is 36.0 Å². The molecule has 0 aliphatic heterocycles. The molecule has 162 valence electrons. The molecule has 0 saturated carbocycles. The number of nitrogens with one attached hydrogen (secondary N) is 2. The molecule has 0 atom stereocenters. The first kappa shape index (κ1) is 23.4. The molecule has 0 fully saturated rings. The summed E-state index contributed by atoms with van der Waals surface area (Å²) in [5.74, 6) is -1.75. The molecule has 3 amide bonds. The largest absolute Gasteiger partial charge is 0.416 e. The fraction of sp³-hybridized carbons (Fsp3) is 0.350. The van der Waals surface area contributed by atoms with Gasteiger partial charge in [0, 0.05) is 11.2 Å². The van der Waals surface area contributed by atoms with E-state index in [2.05, 4.69) is 10.6 Å². The maximum atomic E-state index is 13.1. The van der Waals surface area contributed by atoms with Gasteiger partial charge in [0.2, 0.25) is 11.8 Å². The van der Waals surface area contributed by atoms with Crippen molar-refractivity contribution < 1.29 is 27.6 Å². The van der Waals surface area contributed by atoms with Gasteiger partial charge >= 0.3 is 6.18 Å². The van der Waals surface area contributed by atoms with E-state index in [0.717, 1.165) is 23.1 Å². The molecule has 2 aromatic rings. The highest BCUT2D eigenvalue weighted by atomic mass is 32.1. The van der Waals surface area contributed by atoms with Gasteiger partial charge in [0.1, 0.15) is 6.54 Å². The van der Waals surface area contributed by atoms with Gasteiger partial charge in [-0.15, -0.1) is 11.3 Å². The van der Waals surface area contributed by atoms with Crippen molar-refractivity contribution >= 4 is 34.7 Å². The van der Waals surface area contributed by atoms with Crippen LogP contribution in [-0.2, 0) is 15.8 Å². The third-order valence-electron chi connectivity index (χ3n) is 3.75. The van der Waals surface area contributed by atoms with E-state index in [9.17, 15) is 27.6 Å². The van der Waals surface area contributed by atoms with Gasteiger partial charge in [-0.3, -0.25) is 14.4 Å². The summed E-state index contributed by atoms with van der Waals surface area (Å²) in [7, 11) is 0. The summed E-state index contributed by atoms with van der Waals surface area (Å²) in [4.78, 5) is 38.4. The molecule has 10 heteroatoms. The summed E-state index contributed by atoms with van der Waals surface area (Å²) in [6.07, 6.45) is -4.61. The lowest BCUT2D eigenvalue weighted by molar-refractivity contribution is -0.137. The number of amides is 3. The molecule has 30 heavy (non-hydrogen) atoms. The van der Waals surface area contributed by atoms with Gasteiger partial charge in [-0.1, -0.05) is 12.1 Å². The number of hydrogen-bond acceptors (Lipinski definition) is 4. The summed E-state index contributed by atoms with van der Waals surface area (Å²) >= 11 is 1.18. The van der Waals surface area contributed by atoms with Gasteiger partial charge in [-0.25, -0.2) is 0 Å². The van der Waals surface area contributed by atoms with Gasteiger partial charge in [-0.2, -0.15) is 13.2 Å². The van der Waals surface area contributed by atoms with E-state index >= 15 is 0 Å². The van der Waals surface area contributed by atoms with Crippen LogP contribution in [0.5, 0.6) is 0 Å². The van der Waals surface area contributed by atoms with E-state index in [1.807, 2.05) is 0 Å². The number of anilines is 1. The highest BCUT2D eigenvalue weighted by Gasteiger charge is 2.32. The van der Waals surface area contributed by atoms with Crippen LogP contribution >= 0.6 is 11.3 Å². The van der Waals surface area contributed by atoms with Gasteiger partial charge in [0.25, 0.3) is 5.91 Å². The number of benzene rings is 1. The number of carbonyl (C=O) groups excluding carboxylic acids is 3. The Bertz CT molecular complexity index is 906. The Balaban J connectivity index is 2.23. The van der Waals surface area contributed by atoms with E-state index in [1.54, 1.807) is 38.3 Å². The molecule has 0 bridgehead atoms. The highest BCUT2D eigenvalue weighted by molar-refractivity contribution is 7.12. The Hall–Kier alpha value is -2.88. The van der Waals surface area contributed by atoms with Crippen molar-refractivity contribution in [3.05, 3.63) is 52.2 Å². The Morgan fingerprint density at radius 3 is 2.33 bits per heavy atom. The SMILES string of the molecule is CC(C)(C)NC(=O)CN(C(=O)CNC(=O)c1cccs1)c1cccc(C(F)(F)F)c1. The molecule has 1 heterocycles. The number of thiophene rings is 1. The molecule has 0 unspecified atom stereocenters. The molecular formula is C20H22F3N3O3S. The van der Waals surface area contributed by atoms with Crippen molar-refractivity contribution in [2.24, 2.45) is 0 Å². The fourth-order valence-electron chi connectivity index (χ4n) is 2.52. The molecule has 0 spiro atoms. The number of halogens is 3. The first-order chi connectivity index (χ1) is 13.9. The Morgan fingerprint density at radius 1 is 1.07 bits per heavy atom. The van der Waals surface area contributed by atoms with Crippen molar-refractivity contribution in [3.8, 4) is 0 Å². The average molecular weight is 441 g/mol. The summed E-state index contributed by atoms with van der Waals surface area (Å²) in [6, 6.07) is 7.38. The minimum atomic E-state index is -4.61. The van der Waals surface area contributed by atoms with Crippen LogP contribution in [0.4, 0.5) is 18.9 Å². The van der Waals surface area contributed by atoms with E-state index in [1.165, 1.54) is 17.4 Å². The summed E-state index contributed by atoms with van der Waals surface area (Å²) in [5.41, 5.74) is -1.63. The summed E-state index contributed by atoms with van der Waals surface area (Å²) in [5, 5.41) is 6.79. The first-order valence-corrected chi connectivity index (χ1v) is 9.85. The smallest absolute Gasteiger partial charge is 0.350 e. The predicted octanol–water partition coefficient (Wildman–Crippen LogP) is 3.44. The molecule has 0 radical (unpaired) electrons. The fourth-order valence-corrected chi connectivity index (χ4v) is 3.16. The minimum absolute atomic E-state index is 0.0933. The Labute approximate surface area is 176 Å². The number of hydrogen-bond donors (Lipinski definition) is 2. The van der Waals surface area contributed by atoms with Crippen molar-refractivity contribution in [2.75, 3.05) is 18.0 Å². The monoisotopic (exact) mass is 441 g/mol. The molecule has 0 saturated heterocycles. The highest BCUT2D eigenvalue weighted by Crippen LogP contribution is 2.31. The molecule has 1 aromatic heterocycles. The molecule has 1 aromatic carbocycles. The van der Waals surface area contributed by atoms with Gasteiger partial charge in [-0.05, 0) is 50.4 Å². The van der Waals surface area contributed by atoms with Crippen LogP contribution in [0.15, 0.2) is 41.8 Å². The van der Waals surface area contributed by atoms with Crippen molar-refractivity contribution in [3.63, 3.8) is 0 Å². The zero-order valence-electron chi connectivity index (χ0n) is 16.7. The summed E-state index contributed by atoms with van der Waals surface area (Å²) in [6.45, 7) is 4.25. The second kappa shape index (κ2) is 9.29. The predicted molar refractivity (Wildman–Crippen MR) is 108 cm³/mol. The van der Waals surface area contributed by atoms with E-state index in [4.69, 9.17) is 0 Å². The van der Waals surface area contributed by atoms with Crippen LogP contribution in [0.25, 0.3) is 0 Å². The number of rotatable bonds is 6. The normalized spacial score (nSPS) is 11.7. The van der Waals surface area contributed by atoms with Crippen molar-refractivity contribution in [1.29, 1.82) is 0 Å². The average Bonchev–Trinajstić information content (AvgIpc) is 3.16. The molecule has 2 rings (SSSR count). The molecule has 6 nitrogen and oxygen atoms in total. The van der Waals surface area contributed by atoms with Crippen LogP contribution in [0.2, 0.25) is 0 Å². The quantitative estimate of drug-likeness (QED) is 0.721. The number of nitrogens with zero attached hydrogens (tertiary/aromatic N) is 1. The molecule has 2 N–H and O–H groups in total. The maximum Gasteiger partial charge on any atom is 0.416 e. The zero-order chi connectivity index (χ0) is 22.5. The third-order valence-corrected chi connectivity index (χ3v) is 4.62. The standard InChI is InChI=1S/C20H22F3N3O3S/c1-19(2,3)25-16(27)12-26(14-7-4-6-13(10-14)20(21,22)23)17(28)11-24-18(29)15-8-5-9-30-15/h4-10H,11-12H2,1-3H3,(H,24,29)(H,25,27). The first-order valence-electron chi connectivity index (χ1n) is 8.97. The lowest BCUT2D eigenvalue weighted by Gasteiger charge is -2.26. The minimum Gasteiger partial charge on any atom is -0.350 e. The van der Waals surface area contributed by atoms with Gasteiger partial charge in [0.15, 0.2) is 0 Å². The molecule has 0 aliphatic carbocycles. The van der Waals surface area contributed by atoms with Crippen LogP contribution in [0.3, 0.4) is 0 Å². The van der Waals surface area contributed by atoms with Crippen LogP contribution in [0, 0.1) is 0 Å². The van der Waals surface area contributed by atoms with Gasteiger partial charge < -0.3 is 15.5 Å². The van der Waals surface area contributed by atoms with E-state index in [0.29, 0.717) is 4.88 Å². The Morgan fingerprint density at radius 2 is 1.77 bits per heavy atom. The maximum absolute atomic E-state index is 13.1. The van der Waals surface area contributed by atoms with E-state index < -0.39 is 48.1 Å². The van der Waals surface area contributed by atoms with Crippen molar-refractivity contribution in [2.45, 2.75) is 32.5 Å². The number of carbonyl (C=O) groups is 3. The van der Waals surface area contributed by atoms with Crippen LogP contribution in [-0.4, -0.2) is 36.3 Å². The van der Waals surface area contributed by atoms with Gasteiger partial charge in [0.05, 0.1) is 17.0 Å². The lowest BCUT2D eigenvalue weighted by Crippen LogP contribution is -2.49. The summed E-state index contributed by atoms with van der Waals surface area (Å²) < 4.78 is 39.3. The third kappa shape index (κ3) is 6.87. The van der Waals surface area contributed by atoms with E-state index in [-0.39, 0.29) is 5.69 Å². The topological polar surface area (TPSA) is 78.5 Å². The lowest BCUT2D eigenvalue weighted by atomic mass is 10.1. The van der Waals surface area contributed by atoms with Crippen molar-refractivity contribution in [1.82, 2.24) is 10.6 Å². The molecule has 0 aliphatic rings. The van der Waals surface area contributed by atoms with Crippen LogP contribution < -0.4 is 15.5 Å². The second-order valence-corrected chi connectivity index (χ2v) is 8.43. The second-order valence-electron chi connectivity index (χ2n) is 7.49. The Kier molecular flexibility index (Phi) is 7.25. The molecular weight excluding hydrogens is 419 g/mol. The number of alkyl halides is 3. The zero-order valence-corrected chi connectivity index (χ0v) is 17.5.